The van der Waals surface area contributed by atoms with Gasteiger partial charge in [-0.3, -0.25) is 4.79 Å². The monoisotopic (exact) mass is 208 g/mol. The Bertz CT molecular complexity index is 288. The van der Waals surface area contributed by atoms with E-state index in [1.807, 2.05) is 0 Å². The van der Waals surface area contributed by atoms with Crippen molar-refractivity contribution in [1.82, 2.24) is 5.32 Å². The van der Waals surface area contributed by atoms with Gasteiger partial charge in [-0.15, -0.1) is 0 Å². The zero-order chi connectivity index (χ0) is 10.5. The molecular weight excluding hydrogens is 188 g/mol. The number of nitrogens with one attached hydrogen (secondary N) is 1. The second-order valence-corrected chi connectivity index (χ2v) is 5.97. The van der Waals surface area contributed by atoms with Crippen LogP contribution >= 0.6 is 0 Å². The fourth-order valence-corrected chi connectivity index (χ4v) is 3.31. The second kappa shape index (κ2) is 2.97. The van der Waals surface area contributed by atoms with Crippen LogP contribution in [0, 0.1) is 11.3 Å². The molecule has 3 saturated carbocycles. The summed E-state index contributed by atoms with van der Waals surface area (Å²) in [5.74, 6) is 1.06. The molecule has 0 atom stereocenters. The van der Waals surface area contributed by atoms with Crippen molar-refractivity contribution in [2.45, 2.75) is 50.5 Å². The molecule has 0 heterocycles. The summed E-state index contributed by atoms with van der Waals surface area (Å²) >= 11 is 0. The van der Waals surface area contributed by atoms with Crippen molar-refractivity contribution < 1.29 is 4.79 Å². The van der Waals surface area contributed by atoms with E-state index < -0.39 is 0 Å². The smallest absolute Gasteiger partial charge is 0.226 e. The first-order valence-corrected chi connectivity index (χ1v) is 6.19. The molecular formula is C12H20N2O. The minimum atomic E-state index is -0.0797. The van der Waals surface area contributed by atoms with Crippen molar-refractivity contribution >= 4 is 5.91 Å². The van der Waals surface area contributed by atoms with Crippen molar-refractivity contribution in [2.75, 3.05) is 6.54 Å². The summed E-state index contributed by atoms with van der Waals surface area (Å²) in [6.07, 6.45) is 7.65. The molecule has 3 nitrogen and oxygen atoms in total. The van der Waals surface area contributed by atoms with Gasteiger partial charge in [-0.2, -0.15) is 0 Å². The first-order valence-electron chi connectivity index (χ1n) is 6.19. The molecule has 0 aliphatic heterocycles. The highest BCUT2D eigenvalue weighted by Gasteiger charge is 2.56. The third kappa shape index (κ3) is 1.57. The van der Waals surface area contributed by atoms with Crippen LogP contribution in [0.15, 0.2) is 0 Å². The van der Waals surface area contributed by atoms with Crippen molar-refractivity contribution in [3.8, 4) is 0 Å². The van der Waals surface area contributed by atoms with Crippen LogP contribution in [0.1, 0.15) is 44.9 Å². The van der Waals surface area contributed by atoms with Crippen LogP contribution in [0.3, 0.4) is 0 Å². The Morgan fingerprint density at radius 2 is 1.93 bits per heavy atom. The number of nitrogens with two attached hydrogens (primary N) is 1. The van der Waals surface area contributed by atoms with Crippen LogP contribution in [-0.4, -0.2) is 18.0 Å². The average molecular weight is 208 g/mol. The highest BCUT2D eigenvalue weighted by Crippen LogP contribution is 2.55. The van der Waals surface area contributed by atoms with E-state index in [2.05, 4.69) is 5.32 Å². The molecule has 3 rings (SSSR count). The number of amides is 1. The van der Waals surface area contributed by atoms with Crippen LogP contribution in [0.25, 0.3) is 0 Å². The summed E-state index contributed by atoms with van der Waals surface area (Å²) in [7, 11) is 0. The zero-order valence-corrected chi connectivity index (χ0v) is 9.22. The number of hydrogen-bond acceptors (Lipinski definition) is 2. The second-order valence-electron chi connectivity index (χ2n) is 5.97. The number of hydrogen-bond donors (Lipinski definition) is 2. The van der Waals surface area contributed by atoms with Crippen LogP contribution in [0.4, 0.5) is 0 Å². The molecule has 0 spiro atoms. The van der Waals surface area contributed by atoms with Crippen LogP contribution < -0.4 is 11.1 Å². The first kappa shape index (κ1) is 9.64. The molecule has 0 aromatic heterocycles. The normalized spacial score (nSPS) is 43.3. The van der Waals surface area contributed by atoms with Gasteiger partial charge < -0.3 is 11.1 Å². The molecule has 3 aliphatic carbocycles. The van der Waals surface area contributed by atoms with E-state index in [1.165, 1.54) is 12.8 Å². The maximum Gasteiger partial charge on any atom is 0.226 e. The maximum atomic E-state index is 12.1. The number of carbonyl (C=O) groups excluding carboxylic acids is 1. The number of rotatable bonds is 3. The van der Waals surface area contributed by atoms with Gasteiger partial charge in [0, 0.05) is 12.1 Å². The summed E-state index contributed by atoms with van der Waals surface area (Å²) in [5.41, 5.74) is 6.13. The molecule has 0 aromatic carbocycles. The van der Waals surface area contributed by atoms with Crippen molar-refractivity contribution in [1.29, 1.82) is 0 Å². The van der Waals surface area contributed by atoms with Crippen molar-refractivity contribution in [3.63, 3.8) is 0 Å². The van der Waals surface area contributed by atoms with E-state index in [1.54, 1.807) is 0 Å². The van der Waals surface area contributed by atoms with Gasteiger partial charge in [-0.25, -0.2) is 0 Å². The summed E-state index contributed by atoms with van der Waals surface area (Å²) in [4.78, 5) is 12.1. The van der Waals surface area contributed by atoms with Gasteiger partial charge in [0.05, 0.1) is 5.41 Å². The Morgan fingerprint density at radius 3 is 2.40 bits per heavy atom. The molecule has 0 saturated heterocycles. The van der Waals surface area contributed by atoms with Gasteiger partial charge in [-0.05, 0) is 50.9 Å². The molecule has 0 radical (unpaired) electrons. The van der Waals surface area contributed by atoms with E-state index >= 15 is 0 Å². The highest BCUT2D eigenvalue weighted by atomic mass is 16.2. The van der Waals surface area contributed by atoms with Gasteiger partial charge in [0.15, 0.2) is 0 Å². The first-order chi connectivity index (χ1) is 7.12. The topological polar surface area (TPSA) is 55.1 Å². The van der Waals surface area contributed by atoms with Gasteiger partial charge in [0.25, 0.3) is 0 Å². The van der Waals surface area contributed by atoms with E-state index in [-0.39, 0.29) is 11.0 Å². The lowest BCUT2D eigenvalue weighted by Crippen LogP contribution is -2.39. The minimum absolute atomic E-state index is 0.00305. The van der Waals surface area contributed by atoms with Crippen molar-refractivity contribution in [2.24, 2.45) is 17.1 Å². The Balaban J connectivity index is 1.63. The number of carbonyl (C=O) groups is 1. The predicted octanol–water partition coefficient (Wildman–Crippen LogP) is 1.17. The number of fused-ring (bicyclic) bond motifs is 2. The van der Waals surface area contributed by atoms with Gasteiger partial charge in [0.1, 0.15) is 0 Å². The Morgan fingerprint density at radius 1 is 1.27 bits per heavy atom. The summed E-state index contributed by atoms with van der Waals surface area (Å²) < 4.78 is 0. The van der Waals surface area contributed by atoms with E-state index in [0.29, 0.717) is 5.91 Å². The third-order valence-corrected chi connectivity index (χ3v) is 4.62. The zero-order valence-electron chi connectivity index (χ0n) is 9.22. The standard InChI is InChI=1S/C12H20N2O/c13-12-5-3-11(8-12,4-6-12)10(15)14-7-9-1-2-9/h9H,1-8,13H2,(H,14,15). The molecule has 3 N–H and O–H groups in total. The predicted molar refractivity (Wildman–Crippen MR) is 58.2 cm³/mol. The molecule has 2 bridgehead atoms. The lowest BCUT2D eigenvalue weighted by atomic mass is 9.83. The average Bonchev–Trinajstić information content (AvgIpc) is 2.90. The molecule has 84 valence electrons. The summed E-state index contributed by atoms with van der Waals surface area (Å²) in [5, 5.41) is 3.13. The molecule has 0 aromatic rings. The van der Waals surface area contributed by atoms with E-state index in [9.17, 15) is 4.79 Å². The lowest BCUT2D eigenvalue weighted by Gasteiger charge is -2.25. The van der Waals surface area contributed by atoms with Crippen LogP contribution in [-0.2, 0) is 4.79 Å². The molecule has 3 aliphatic rings. The van der Waals surface area contributed by atoms with Gasteiger partial charge in [-0.1, -0.05) is 0 Å². The summed E-state index contributed by atoms with van der Waals surface area (Å²) in [6.45, 7) is 0.901. The van der Waals surface area contributed by atoms with Crippen LogP contribution in [0.2, 0.25) is 0 Å². The Kier molecular flexibility index (Phi) is 1.91. The largest absolute Gasteiger partial charge is 0.355 e. The SMILES string of the molecule is NC12CCC(C(=O)NCC3CC3)(CC1)C2. The lowest BCUT2D eigenvalue weighted by molar-refractivity contribution is -0.130. The minimum Gasteiger partial charge on any atom is -0.355 e. The van der Waals surface area contributed by atoms with Crippen molar-refractivity contribution in [3.05, 3.63) is 0 Å². The van der Waals surface area contributed by atoms with E-state index in [4.69, 9.17) is 5.73 Å². The van der Waals surface area contributed by atoms with Gasteiger partial charge >= 0.3 is 0 Å². The quantitative estimate of drug-likeness (QED) is 0.731. The maximum absolute atomic E-state index is 12.1. The third-order valence-electron chi connectivity index (χ3n) is 4.62. The Hall–Kier alpha value is -0.570. The molecule has 15 heavy (non-hydrogen) atoms. The van der Waals surface area contributed by atoms with E-state index in [0.717, 1.165) is 44.6 Å². The summed E-state index contributed by atoms with van der Waals surface area (Å²) in [6, 6.07) is 0. The molecule has 3 fully saturated rings. The molecule has 3 heteroatoms. The molecule has 0 unspecified atom stereocenters. The fraction of sp³-hybridized carbons (Fsp3) is 0.917. The van der Waals surface area contributed by atoms with Crippen LogP contribution in [0.5, 0.6) is 0 Å². The van der Waals surface area contributed by atoms with Gasteiger partial charge in [0.2, 0.25) is 5.91 Å². The highest BCUT2D eigenvalue weighted by molar-refractivity contribution is 5.83. The fourth-order valence-electron chi connectivity index (χ4n) is 3.31. The molecule has 1 amide bonds. The Labute approximate surface area is 90.8 Å².